The second kappa shape index (κ2) is 5.05. The smallest absolute Gasteiger partial charge is 0.339 e. The van der Waals surface area contributed by atoms with Crippen molar-refractivity contribution in [2.75, 3.05) is 7.11 Å². The predicted octanol–water partition coefficient (Wildman–Crippen LogP) is 0.139. The molecule has 0 aliphatic heterocycles. The highest BCUT2D eigenvalue weighted by atomic mass is 32.2. The van der Waals surface area contributed by atoms with Crippen LogP contribution in [0.4, 0.5) is 4.79 Å². The maximum atomic E-state index is 11.9. The average Bonchev–Trinajstić information content (AvgIpc) is 2.25. The van der Waals surface area contributed by atoms with Crippen molar-refractivity contribution in [3.63, 3.8) is 0 Å². The molecule has 0 atom stereocenters. The summed E-state index contributed by atoms with van der Waals surface area (Å²) in [6, 6.07) is 3.05. The molecule has 0 bridgehead atoms. The average molecular weight is 272 g/mol. The van der Waals surface area contributed by atoms with Crippen LogP contribution in [-0.4, -0.2) is 27.5 Å². The molecule has 3 N–H and O–H groups in total. The van der Waals surface area contributed by atoms with Crippen LogP contribution < -0.4 is 10.5 Å². The Morgan fingerprint density at radius 1 is 1.33 bits per heavy atom. The van der Waals surface area contributed by atoms with E-state index < -0.39 is 22.0 Å². The number of ether oxygens (including phenoxy) is 1. The van der Waals surface area contributed by atoms with Crippen LogP contribution >= 0.6 is 0 Å². The molecule has 1 aromatic carbocycles. The summed E-state index contributed by atoms with van der Waals surface area (Å²) < 4.78 is 29.9. The van der Waals surface area contributed by atoms with Crippen LogP contribution in [0.15, 0.2) is 23.1 Å². The number of carbonyl (C=O) groups excluding carboxylic acids is 2. The maximum Gasteiger partial charge on any atom is 0.339 e. The monoisotopic (exact) mass is 272 g/mol. The van der Waals surface area contributed by atoms with Crippen molar-refractivity contribution < 1.29 is 22.7 Å². The summed E-state index contributed by atoms with van der Waals surface area (Å²) in [4.78, 5) is 21.8. The molecule has 2 amide bonds. The first-order valence-electron chi connectivity index (χ1n) is 4.79. The number of benzene rings is 1. The van der Waals surface area contributed by atoms with Gasteiger partial charge in [0.2, 0.25) is 0 Å². The van der Waals surface area contributed by atoms with Gasteiger partial charge in [-0.2, -0.15) is 0 Å². The minimum Gasteiger partial charge on any atom is -0.465 e. The van der Waals surface area contributed by atoms with E-state index in [1.807, 2.05) is 0 Å². The molecule has 0 heterocycles. The number of carbonyl (C=O) groups is 2. The molecule has 0 aliphatic rings. The highest BCUT2D eigenvalue weighted by molar-refractivity contribution is 7.90. The van der Waals surface area contributed by atoms with Crippen molar-refractivity contribution in [3.05, 3.63) is 29.3 Å². The van der Waals surface area contributed by atoms with Crippen LogP contribution in [-0.2, 0) is 14.8 Å². The molecule has 0 saturated carbocycles. The number of esters is 1. The molecule has 1 rings (SSSR count). The van der Waals surface area contributed by atoms with E-state index in [0.717, 1.165) is 7.11 Å². The van der Waals surface area contributed by atoms with Gasteiger partial charge in [-0.25, -0.2) is 22.7 Å². The summed E-state index contributed by atoms with van der Waals surface area (Å²) in [5.41, 5.74) is 4.92. The second-order valence-corrected chi connectivity index (χ2v) is 5.03. The minimum atomic E-state index is -4.20. The van der Waals surface area contributed by atoms with Gasteiger partial charge in [-0.15, -0.1) is 0 Å². The molecule has 1 aromatic rings. The van der Waals surface area contributed by atoms with Gasteiger partial charge in [0.1, 0.15) is 4.90 Å². The van der Waals surface area contributed by atoms with E-state index in [4.69, 9.17) is 5.73 Å². The molecule has 7 nitrogen and oxygen atoms in total. The number of urea groups is 1. The van der Waals surface area contributed by atoms with Gasteiger partial charge in [0.25, 0.3) is 10.0 Å². The molecule has 0 unspecified atom stereocenters. The summed E-state index contributed by atoms with van der Waals surface area (Å²) in [5.74, 6) is -0.816. The quantitative estimate of drug-likeness (QED) is 0.759. The van der Waals surface area contributed by atoms with Gasteiger partial charge in [0, 0.05) is 0 Å². The molecule has 0 aliphatic carbocycles. The predicted molar refractivity (Wildman–Crippen MR) is 62.4 cm³/mol. The third-order valence-electron chi connectivity index (χ3n) is 2.12. The zero-order chi connectivity index (χ0) is 13.9. The summed E-state index contributed by atoms with van der Waals surface area (Å²) in [6.07, 6.45) is 0. The van der Waals surface area contributed by atoms with Gasteiger partial charge in [-0.1, -0.05) is 12.1 Å². The number of aryl methyl sites for hydroxylation is 1. The van der Waals surface area contributed by atoms with Crippen LogP contribution in [0, 0.1) is 6.92 Å². The number of methoxy groups -OCH3 is 1. The third-order valence-corrected chi connectivity index (χ3v) is 3.67. The molecule has 98 valence electrons. The molecule has 0 spiro atoms. The van der Waals surface area contributed by atoms with Crippen molar-refractivity contribution in [1.82, 2.24) is 4.72 Å². The van der Waals surface area contributed by atoms with Gasteiger partial charge in [0.15, 0.2) is 0 Å². The third kappa shape index (κ3) is 2.77. The maximum absolute atomic E-state index is 11.9. The zero-order valence-corrected chi connectivity index (χ0v) is 10.6. The van der Waals surface area contributed by atoms with Crippen molar-refractivity contribution in [1.29, 1.82) is 0 Å². The highest BCUT2D eigenvalue weighted by Crippen LogP contribution is 2.20. The fraction of sp³-hybridized carbons (Fsp3) is 0.200. The van der Waals surface area contributed by atoms with Crippen molar-refractivity contribution >= 4 is 22.0 Å². The van der Waals surface area contributed by atoms with Crippen LogP contribution in [0.1, 0.15) is 15.9 Å². The Balaban J connectivity index is 3.48. The highest BCUT2D eigenvalue weighted by Gasteiger charge is 2.26. The fourth-order valence-electron chi connectivity index (χ4n) is 1.46. The lowest BCUT2D eigenvalue weighted by Gasteiger charge is -2.11. The SMILES string of the molecule is COC(=O)c1cccc(C)c1S(=O)(=O)NC(N)=O. The van der Waals surface area contributed by atoms with Gasteiger partial charge in [-0.3, -0.25) is 0 Å². The lowest BCUT2D eigenvalue weighted by Crippen LogP contribution is -2.36. The number of sulfonamides is 1. The van der Waals surface area contributed by atoms with Gasteiger partial charge in [-0.05, 0) is 18.6 Å². The Morgan fingerprint density at radius 3 is 2.44 bits per heavy atom. The Hall–Kier alpha value is -2.09. The Morgan fingerprint density at radius 2 is 1.94 bits per heavy atom. The lowest BCUT2D eigenvalue weighted by molar-refractivity contribution is 0.0596. The molecule has 18 heavy (non-hydrogen) atoms. The van der Waals surface area contributed by atoms with Crippen LogP contribution in [0.5, 0.6) is 0 Å². The molecule has 0 radical (unpaired) electrons. The first-order valence-corrected chi connectivity index (χ1v) is 6.28. The first-order chi connectivity index (χ1) is 8.29. The van der Waals surface area contributed by atoms with Gasteiger partial charge < -0.3 is 10.5 Å². The Kier molecular flexibility index (Phi) is 3.92. The van der Waals surface area contributed by atoms with Crippen molar-refractivity contribution in [3.8, 4) is 0 Å². The number of nitrogens with one attached hydrogen (secondary N) is 1. The summed E-state index contributed by atoms with van der Waals surface area (Å²) >= 11 is 0. The number of rotatable bonds is 3. The minimum absolute atomic E-state index is 0.161. The normalized spacial score (nSPS) is 10.8. The van der Waals surface area contributed by atoms with E-state index in [-0.39, 0.29) is 10.5 Å². The summed E-state index contributed by atoms with van der Waals surface area (Å²) in [5, 5.41) is 0. The van der Waals surface area contributed by atoms with E-state index in [1.54, 1.807) is 4.72 Å². The topological polar surface area (TPSA) is 116 Å². The lowest BCUT2D eigenvalue weighted by atomic mass is 10.1. The standard InChI is InChI=1S/C10H12N2O5S/c1-6-4-3-5-7(9(13)17-2)8(6)18(15,16)12-10(11)14/h3-5H,1-2H3,(H3,11,12,14). The van der Waals surface area contributed by atoms with Gasteiger partial charge >= 0.3 is 12.0 Å². The molecular weight excluding hydrogens is 260 g/mol. The van der Waals surface area contributed by atoms with E-state index in [9.17, 15) is 18.0 Å². The van der Waals surface area contributed by atoms with E-state index in [2.05, 4.69) is 4.74 Å². The summed E-state index contributed by atoms with van der Waals surface area (Å²) in [6.45, 7) is 1.49. The second-order valence-electron chi connectivity index (χ2n) is 3.41. The van der Waals surface area contributed by atoms with Crippen molar-refractivity contribution in [2.24, 2.45) is 5.73 Å². The number of primary amides is 1. The van der Waals surface area contributed by atoms with Crippen LogP contribution in [0.25, 0.3) is 0 Å². The molecule has 0 aromatic heterocycles. The van der Waals surface area contributed by atoms with Crippen LogP contribution in [0.2, 0.25) is 0 Å². The summed E-state index contributed by atoms with van der Waals surface area (Å²) in [7, 11) is -3.07. The number of hydrogen-bond acceptors (Lipinski definition) is 5. The molecule has 8 heteroatoms. The zero-order valence-electron chi connectivity index (χ0n) is 9.76. The Bertz CT molecular complexity index is 594. The molecule has 0 fully saturated rings. The van der Waals surface area contributed by atoms with E-state index in [1.165, 1.54) is 25.1 Å². The number of hydrogen-bond donors (Lipinski definition) is 2. The van der Waals surface area contributed by atoms with Gasteiger partial charge in [0.05, 0.1) is 12.7 Å². The fourth-order valence-corrected chi connectivity index (χ4v) is 2.76. The Labute approximate surface area is 104 Å². The molecule has 0 saturated heterocycles. The van der Waals surface area contributed by atoms with Crippen LogP contribution in [0.3, 0.4) is 0 Å². The number of nitrogens with two attached hydrogens (primary N) is 1. The largest absolute Gasteiger partial charge is 0.465 e. The van der Waals surface area contributed by atoms with Crippen molar-refractivity contribution in [2.45, 2.75) is 11.8 Å². The van der Waals surface area contributed by atoms with E-state index in [0.29, 0.717) is 5.56 Å². The van der Waals surface area contributed by atoms with E-state index >= 15 is 0 Å². The first kappa shape index (κ1) is 14.0. The molecular formula is C10H12N2O5S. The number of amides is 2.